The number of hydrogen-bond donors (Lipinski definition) is 3. The molecule has 0 aliphatic carbocycles. The summed E-state index contributed by atoms with van der Waals surface area (Å²) in [7, 11) is -4.19. The number of aryl methyl sites for hydroxylation is 3. The van der Waals surface area contributed by atoms with Crippen LogP contribution in [0.4, 0.5) is 0 Å². The van der Waals surface area contributed by atoms with Gasteiger partial charge >= 0.3 is 28.9 Å². The third-order valence-electron chi connectivity index (χ3n) is 2.45. The first-order valence-corrected chi connectivity index (χ1v) is 7.02. The molecule has 1 rings (SSSR count). The molecule has 0 aliphatic rings. The van der Waals surface area contributed by atoms with Gasteiger partial charge in [-0.25, -0.2) is 0 Å². The number of nitrogens with zero attached hydrogens (tertiary/aromatic N) is 1. The number of halogens is 1. The molecule has 0 saturated heterocycles. The van der Waals surface area contributed by atoms with Crippen LogP contribution < -0.4 is 9.23 Å². The van der Waals surface area contributed by atoms with E-state index in [0.717, 1.165) is 11.4 Å². The second-order valence-electron chi connectivity index (χ2n) is 4.23. The summed E-state index contributed by atoms with van der Waals surface area (Å²) in [5.74, 6) is 0.282. The molecule has 110 valence electrons. The van der Waals surface area contributed by atoms with Crippen molar-refractivity contribution in [3.63, 3.8) is 0 Å². The standard InChI is InChI=1S/C12H18NO.ClH3O4/c1-5-12(14)8-13-10(3)6-9(2)7-11(13)4;2-1(3,4)5/h6-7H,5,8H2,1-4H3;2-4H/q+1;. The molecule has 0 unspecified atom stereocenters. The fourth-order valence-electron chi connectivity index (χ4n) is 1.67. The molecule has 1 aromatic rings. The van der Waals surface area contributed by atoms with Crippen molar-refractivity contribution in [1.82, 2.24) is 0 Å². The van der Waals surface area contributed by atoms with E-state index >= 15 is 0 Å². The fourth-order valence-corrected chi connectivity index (χ4v) is 1.67. The molecule has 0 amide bonds. The second kappa shape index (κ2) is 7.52. The number of aromatic nitrogens is 1. The molecule has 1 heterocycles. The quantitative estimate of drug-likeness (QED) is 0.622. The van der Waals surface area contributed by atoms with Gasteiger partial charge in [0.1, 0.15) is 0 Å². The number of ketones is 1. The summed E-state index contributed by atoms with van der Waals surface area (Å²) in [5.41, 5.74) is 3.56. The molecular weight excluding hydrogens is 274 g/mol. The fraction of sp³-hybridized carbons (Fsp3) is 0.500. The number of Topliss-reactive ketones (excluding diaryl/α,β-unsaturated/α-hetero) is 1. The first-order chi connectivity index (χ1) is 8.54. The summed E-state index contributed by atoms with van der Waals surface area (Å²) in [6.07, 6.45) is 0.611. The Morgan fingerprint density at radius 2 is 1.58 bits per heavy atom. The van der Waals surface area contributed by atoms with Crippen LogP contribution in [-0.4, -0.2) is 19.8 Å². The number of hydrogen-bond acceptors (Lipinski definition) is 5. The van der Waals surface area contributed by atoms with E-state index in [0.29, 0.717) is 13.0 Å². The van der Waals surface area contributed by atoms with Crippen LogP contribution in [0.3, 0.4) is 0 Å². The molecule has 0 atom stereocenters. The van der Waals surface area contributed by atoms with Crippen LogP contribution >= 0.6 is 0 Å². The zero-order chi connectivity index (χ0) is 15.2. The Morgan fingerprint density at radius 1 is 1.21 bits per heavy atom. The molecule has 1 aromatic heterocycles. The maximum absolute atomic E-state index is 11.3. The topological polar surface area (TPSA) is 105 Å². The number of rotatable bonds is 3. The molecule has 7 heteroatoms. The zero-order valence-electron chi connectivity index (χ0n) is 11.6. The van der Waals surface area contributed by atoms with Gasteiger partial charge in [0.05, 0.1) is 0 Å². The van der Waals surface area contributed by atoms with Crippen molar-refractivity contribution >= 4 is 5.78 Å². The van der Waals surface area contributed by atoms with E-state index in [1.807, 2.05) is 20.8 Å². The Kier molecular flexibility index (Phi) is 7.10. The monoisotopic (exact) mass is 294 g/mol. The Morgan fingerprint density at radius 3 is 1.89 bits per heavy atom. The van der Waals surface area contributed by atoms with Crippen LogP contribution in [0.1, 0.15) is 30.3 Å². The van der Waals surface area contributed by atoms with Gasteiger partial charge in [-0.05, 0) is 12.5 Å². The molecule has 0 radical (unpaired) electrons. The Hall–Kier alpha value is -1.05. The van der Waals surface area contributed by atoms with Crippen LogP contribution in [0.25, 0.3) is 0 Å². The summed E-state index contributed by atoms with van der Waals surface area (Å²) < 4.78 is 32.3. The van der Waals surface area contributed by atoms with E-state index < -0.39 is 10.2 Å². The van der Waals surface area contributed by atoms with Crippen LogP contribution in [0.5, 0.6) is 0 Å². The SMILES string of the molecule is CCC(=O)C[n+]1c(C)cc(C)cc1C.[O-][Cl+](O)(O)O. The Labute approximate surface area is 114 Å². The van der Waals surface area contributed by atoms with Crippen LogP contribution in [-0.2, 0) is 11.3 Å². The third-order valence-corrected chi connectivity index (χ3v) is 2.45. The molecule has 0 fully saturated rings. The Bertz CT molecular complexity index is 413. The molecule has 0 bridgehead atoms. The van der Waals surface area contributed by atoms with Crippen LogP contribution in [0, 0.1) is 31.0 Å². The van der Waals surface area contributed by atoms with Gasteiger partial charge in [0, 0.05) is 32.4 Å². The van der Waals surface area contributed by atoms with Crippen molar-refractivity contribution in [3.8, 4) is 0 Å². The Balaban J connectivity index is 0.000000555. The zero-order valence-corrected chi connectivity index (χ0v) is 12.3. The van der Waals surface area contributed by atoms with Gasteiger partial charge in [-0.15, -0.1) is 0 Å². The average molecular weight is 295 g/mol. The van der Waals surface area contributed by atoms with E-state index in [4.69, 9.17) is 18.6 Å². The predicted octanol–water partition coefficient (Wildman–Crippen LogP) is -0.982. The summed E-state index contributed by atoms with van der Waals surface area (Å²) in [5, 5.41) is 0. The minimum atomic E-state index is -4.19. The molecule has 0 saturated carbocycles. The van der Waals surface area contributed by atoms with Crippen molar-refractivity contribution < 1.29 is 38.2 Å². The average Bonchev–Trinajstić information content (AvgIpc) is 2.20. The van der Waals surface area contributed by atoms with Gasteiger partial charge in [-0.3, -0.25) is 4.79 Å². The van der Waals surface area contributed by atoms with E-state index in [1.165, 1.54) is 5.56 Å². The van der Waals surface area contributed by atoms with E-state index in [2.05, 4.69) is 23.6 Å². The van der Waals surface area contributed by atoms with E-state index in [9.17, 15) is 4.79 Å². The van der Waals surface area contributed by atoms with Crippen molar-refractivity contribution in [1.29, 1.82) is 0 Å². The first kappa shape index (κ1) is 17.9. The maximum atomic E-state index is 11.3. The molecule has 0 aliphatic heterocycles. The minimum absolute atomic E-state index is 0.282. The van der Waals surface area contributed by atoms with E-state index in [1.54, 1.807) is 0 Å². The van der Waals surface area contributed by atoms with Gasteiger partial charge in [0.25, 0.3) is 0 Å². The normalized spacial score (nSPS) is 11.6. The van der Waals surface area contributed by atoms with Crippen LogP contribution in [0.15, 0.2) is 12.1 Å². The molecule has 19 heavy (non-hydrogen) atoms. The molecule has 3 N–H and O–H groups in total. The molecule has 6 nitrogen and oxygen atoms in total. The summed E-state index contributed by atoms with van der Waals surface area (Å²) in [4.78, 5) is 11.3. The van der Waals surface area contributed by atoms with Gasteiger partial charge < -0.3 is 0 Å². The van der Waals surface area contributed by atoms with Gasteiger partial charge in [0.15, 0.2) is 17.2 Å². The molecular formula is C12H21ClNO5+. The summed E-state index contributed by atoms with van der Waals surface area (Å²) in [6, 6.07) is 4.21. The van der Waals surface area contributed by atoms with Crippen molar-refractivity contribution in [2.24, 2.45) is 0 Å². The molecule has 0 spiro atoms. The molecule has 0 aromatic carbocycles. The van der Waals surface area contributed by atoms with E-state index in [-0.39, 0.29) is 5.78 Å². The van der Waals surface area contributed by atoms with Gasteiger partial charge in [-0.1, -0.05) is 6.92 Å². The van der Waals surface area contributed by atoms with Crippen LogP contribution in [0.2, 0.25) is 0 Å². The van der Waals surface area contributed by atoms with Gasteiger partial charge in [0.2, 0.25) is 6.54 Å². The predicted molar refractivity (Wildman–Crippen MR) is 62.8 cm³/mol. The number of pyridine rings is 1. The van der Waals surface area contributed by atoms with Crippen molar-refractivity contribution in [3.05, 3.63) is 29.1 Å². The van der Waals surface area contributed by atoms with Crippen molar-refractivity contribution in [2.45, 2.75) is 40.7 Å². The third kappa shape index (κ3) is 8.63. The van der Waals surface area contributed by atoms with Gasteiger partial charge in [-0.2, -0.15) is 4.57 Å². The number of carbonyl (C=O) groups excluding carboxylic acids is 1. The number of carbonyl (C=O) groups is 1. The summed E-state index contributed by atoms with van der Waals surface area (Å²) >= 11 is 0. The summed E-state index contributed by atoms with van der Waals surface area (Å²) in [6.45, 7) is 8.58. The second-order valence-corrected chi connectivity index (χ2v) is 5.10. The first-order valence-electron chi connectivity index (χ1n) is 5.70. The van der Waals surface area contributed by atoms with Crippen molar-refractivity contribution in [2.75, 3.05) is 0 Å².